The number of benzene rings is 1. The largest absolute Gasteiger partial charge is 0.496 e. The molecule has 2 rings (SSSR count). The molecule has 0 atom stereocenters. The molecule has 0 saturated carbocycles. The molecule has 110 valence electrons. The maximum atomic E-state index is 11.5. The summed E-state index contributed by atoms with van der Waals surface area (Å²) in [5, 5.41) is 0. The normalized spacial score (nSPS) is 10.2. The van der Waals surface area contributed by atoms with Crippen LogP contribution < -0.4 is 21.1 Å². The smallest absolute Gasteiger partial charge is 0.252 e. The third-order valence-corrected chi connectivity index (χ3v) is 3.11. The van der Waals surface area contributed by atoms with Gasteiger partial charge in [0.25, 0.3) is 5.91 Å². The van der Waals surface area contributed by atoms with Crippen LogP contribution in [-0.4, -0.2) is 25.0 Å². The van der Waals surface area contributed by atoms with Crippen molar-refractivity contribution in [2.75, 3.05) is 24.8 Å². The van der Waals surface area contributed by atoms with Gasteiger partial charge in [-0.3, -0.25) is 4.79 Å². The number of primary amides is 1. The average molecular weight is 286 g/mol. The molecule has 1 aromatic carbocycles. The van der Waals surface area contributed by atoms with Crippen molar-refractivity contribution in [2.24, 2.45) is 5.73 Å². The summed E-state index contributed by atoms with van der Waals surface area (Å²) in [6.07, 6.45) is 1.50. The topological polar surface area (TPSA) is 94.5 Å². The number of hydrogen-bond donors (Lipinski definition) is 2. The van der Waals surface area contributed by atoms with Crippen LogP contribution in [0.1, 0.15) is 15.9 Å². The van der Waals surface area contributed by atoms with Crippen molar-refractivity contribution in [3.8, 4) is 5.75 Å². The van der Waals surface area contributed by atoms with E-state index in [1.165, 1.54) is 12.3 Å². The van der Waals surface area contributed by atoms with E-state index in [0.29, 0.717) is 23.6 Å². The molecule has 21 heavy (non-hydrogen) atoms. The number of amides is 1. The number of nitrogens with two attached hydrogens (primary N) is 2. The van der Waals surface area contributed by atoms with E-state index in [4.69, 9.17) is 16.2 Å². The number of methoxy groups -OCH3 is 1. The van der Waals surface area contributed by atoms with E-state index in [9.17, 15) is 4.79 Å². The lowest BCUT2D eigenvalue weighted by Crippen LogP contribution is -2.23. The van der Waals surface area contributed by atoms with Gasteiger partial charge < -0.3 is 21.1 Å². The quantitative estimate of drug-likeness (QED) is 0.866. The Kier molecular flexibility index (Phi) is 4.27. The first-order valence-corrected chi connectivity index (χ1v) is 6.41. The number of aromatic nitrogens is 1. The molecule has 0 fully saturated rings. The van der Waals surface area contributed by atoms with Gasteiger partial charge in [0.2, 0.25) is 0 Å². The first kappa shape index (κ1) is 14.6. The molecule has 1 amide bonds. The van der Waals surface area contributed by atoms with Gasteiger partial charge in [0.1, 0.15) is 11.6 Å². The van der Waals surface area contributed by atoms with Crippen LogP contribution in [0.2, 0.25) is 0 Å². The summed E-state index contributed by atoms with van der Waals surface area (Å²) in [5.74, 6) is 0.708. The second kappa shape index (κ2) is 6.13. The standard InChI is InChI=1S/C15H18N4O2/c1-19(9-10-5-3-4-6-13(10)21-2)15-12(14(17)20)7-11(16)8-18-15/h3-8H,9,16H2,1-2H3,(H2,17,20). The number of carbonyl (C=O) groups excluding carboxylic acids is 1. The summed E-state index contributed by atoms with van der Waals surface area (Å²) in [6, 6.07) is 9.20. The lowest BCUT2D eigenvalue weighted by atomic mass is 10.1. The van der Waals surface area contributed by atoms with Gasteiger partial charge >= 0.3 is 0 Å². The van der Waals surface area contributed by atoms with Crippen molar-refractivity contribution in [3.05, 3.63) is 47.7 Å². The maximum Gasteiger partial charge on any atom is 0.252 e. The monoisotopic (exact) mass is 286 g/mol. The highest BCUT2D eigenvalue weighted by Gasteiger charge is 2.15. The Bertz CT molecular complexity index is 658. The van der Waals surface area contributed by atoms with Gasteiger partial charge in [0.05, 0.1) is 24.6 Å². The number of anilines is 2. The fraction of sp³-hybridized carbons (Fsp3) is 0.200. The van der Waals surface area contributed by atoms with Crippen LogP contribution in [0.15, 0.2) is 36.5 Å². The number of rotatable bonds is 5. The van der Waals surface area contributed by atoms with E-state index >= 15 is 0 Å². The minimum atomic E-state index is -0.559. The number of pyridine rings is 1. The molecule has 6 nitrogen and oxygen atoms in total. The van der Waals surface area contributed by atoms with E-state index in [2.05, 4.69) is 4.98 Å². The van der Waals surface area contributed by atoms with Crippen molar-refractivity contribution < 1.29 is 9.53 Å². The minimum absolute atomic E-state index is 0.299. The Labute approximate surface area is 123 Å². The Hall–Kier alpha value is -2.76. The SMILES string of the molecule is COc1ccccc1CN(C)c1ncc(N)cc1C(N)=O. The van der Waals surface area contributed by atoms with Gasteiger partial charge in [-0.2, -0.15) is 0 Å². The van der Waals surface area contributed by atoms with E-state index in [0.717, 1.165) is 11.3 Å². The molecular weight excluding hydrogens is 268 g/mol. The second-order valence-electron chi connectivity index (χ2n) is 4.67. The molecule has 0 aliphatic heterocycles. The van der Waals surface area contributed by atoms with Gasteiger partial charge in [-0.05, 0) is 12.1 Å². The van der Waals surface area contributed by atoms with Crippen molar-refractivity contribution >= 4 is 17.4 Å². The molecule has 6 heteroatoms. The number of carbonyl (C=O) groups is 1. The third-order valence-electron chi connectivity index (χ3n) is 3.11. The zero-order valence-electron chi connectivity index (χ0n) is 12.0. The van der Waals surface area contributed by atoms with E-state index in [1.54, 1.807) is 7.11 Å². The van der Waals surface area contributed by atoms with Crippen molar-refractivity contribution in [3.63, 3.8) is 0 Å². The van der Waals surface area contributed by atoms with Crippen molar-refractivity contribution in [2.45, 2.75) is 6.54 Å². The summed E-state index contributed by atoms with van der Waals surface area (Å²) in [6.45, 7) is 0.529. The summed E-state index contributed by atoms with van der Waals surface area (Å²) < 4.78 is 5.32. The Balaban J connectivity index is 2.32. The Morgan fingerprint density at radius 3 is 2.76 bits per heavy atom. The predicted molar refractivity (Wildman–Crippen MR) is 82.3 cm³/mol. The molecule has 0 bridgehead atoms. The Morgan fingerprint density at radius 2 is 2.10 bits per heavy atom. The number of hydrogen-bond acceptors (Lipinski definition) is 5. The van der Waals surface area contributed by atoms with Gasteiger partial charge in [-0.25, -0.2) is 4.98 Å². The van der Waals surface area contributed by atoms with Crippen molar-refractivity contribution in [1.82, 2.24) is 4.98 Å². The lowest BCUT2D eigenvalue weighted by Gasteiger charge is -2.21. The van der Waals surface area contributed by atoms with E-state index in [-0.39, 0.29) is 0 Å². The molecule has 0 unspecified atom stereocenters. The summed E-state index contributed by atoms with van der Waals surface area (Å²) in [7, 11) is 3.45. The van der Waals surface area contributed by atoms with E-state index in [1.807, 2.05) is 36.2 Å². The fourth-order valence-corrected chi connectivity index (χ4v) is 2.12. The number of nitrogen functional groups attached to an aromatic ring is 1. The third kappa shape index (κ3) is 3.22. The van der Waals surface area contributed by atoms with Crippen molar-refractivity contribution in [1.29, 1.82) is 0 Å². The minimum Gasteiger partial charge on any atom is -0.496 e. The van der Waals surface area contributed by atoms with Gasteiger partial charge in [0, 0.05) is 19.2 Å². The molecule has 0 aliphatic rings. The molecule has 0 saturated heterocycles. The van der Waals surface area contributed by atoms with Crippen LogP contribution >= 0.6 is 0 Å². The first-order valence-electron chi connectivity index (χ1n) is 6.41. The zero-order chi connectivity index (χ0) is 15.4. The summed E-state index contributed by atoms with van der Waals surface area (Å²) in [5.41, 5.74) is 12.7. The molecule has 2 aromatic rings. The average Bonchev–Trinajstić information content (AvgIpc) is 2.47. The van der Waals surface area contributed by atoms with Gasteiger partial charge in [-0.15, -0.1) is 0 Å². The number of ether oxygens (including phenoxy) is 1. The molecular formula is C15H18N4O2. The second-order valence-corrected chi connectivity index (χ2v) is 4.67. The van der Waals surface area contributed by atoms with Gasteiger partial charge in [-0.1, -0.05) is 18.2 Å². The first-order chi connectivity index (χ1) is 10.0. The number of nitrogens with zero attached hydrogens (tertiary/aromatic N) is 2. The van der Waals surface area contributed by atoms with Crippen LogP contribution in [0.3, 0.4) is 0 Å². The van der Waals surface area contributed by atoms with Crippen LogP contribution in [0.5, 0.6) is 5.75 Å². The molecule has 0 spiro atoms. The predicted octanol–water partition coefficient (Wildman–Crippen LogP) is 1.41. The van der Waals surface area contributed by atoms with Crippen LogP contribution in [0, 0.1) is 0 Å². The van der Waals surface area contributed by atoms with Crippen LogP contribution in [-0.2, 0) is 6.54 Å². The van der Waals surface area contributed by atoms with Crippen LogP contribution in [0.4, 0.5) is 11.5 Å². The summed E-state index contributed by atoms with van der Waals surface area (Å²) >= 11 is 0. The zero-order valence-corrected chi connectivity index (χ0v) is 12.0. The molecule has 1 heterocycles. The molecule has 4 N–H and O–H groups in total. The highest BCUT2D eigenvalue weighted by Crippen LogP contribution is 2.24. The van der Waals surface area contributed by atoms with Gasteiger partial charge in [0.15, 0.2) is 0 Å². The summed E-state index contributed by atoms with van der Waals surface area (Å²) in [4.78, 5) is 17.6. The lowest BCUT2D eigenvalue weighted by molar-refractivity contribution is 0.100. The molecule has 0 aliphatic carbocycles. The number of para-hydroxylation sites is 1. The highest BCUT2D eigenvalue weighted by atomic mass is 16.5. The fourth-order valence-electron chi connectivity index (χ4n) is 2.12. The van der Waals surface area contributed by atoms with E-state index < -0.39 is 5.91 Å². The molecule has 0 radical (unpaired) electrons. The highest BCUT2D eigenvalue weighted by molar-refractivity contribution is 5.98. The maximum absolute atomic E-state index is 11.5. The Morgan fingerprint density at radius 1 is 1.38 bits per heavy atom. The van der Waals surface area contributed by atoms with Crippen LogP contribution in [0.25, 0.3) is 0 Å². The molecule has 1 aromatic heterocycles.